The lowest BCUT2D eigenvalue weighted by molar-refractivity contribution is 0.168. The van der Waals surface area contributed by atoms with Crippen molar-refractivity contribution in [1.82, 2.24) is 9.78 Å². The minimum atomic E-state index is 0.509. The number of rotatable bonds is 5. The zero-order valence-electron chi connectivity index (χ0n) is 9.28. The standard InChI is InChI=1S/C10H15N3O2/c1-8-9(7-11)10(13(2)12-8)15-6-4-5-14-3/h4-6H2,1-3H3. The van der Waals surface area contributed by atoms with Gasteiger partial charge in [-0.1, -0.05) is 0 Å². The molecule has 0 unspecified atom stereocenters. The fourth-order valence-electron chi connectivity index (χ4n) is 1.30. The molecule has 82 valence electrons. The summed E-state index contributed by atoms with van der Waals surface area (Å²) in [6, 6.07) is 2.09. The lowest BCUT2D eigenvalue weighted by Crippen LogP contribution is -2.05. The molecule has 0 amide bonds. The molecule has 0 N–H and O–H groups in total. The molecule has 1 aromatic rings. The molecular formula is C10H15N3O2. The van der Waals surface area contributed by atoms with Gasteiger partial charge in [-0.2, -0.15) is 10.4 Å². The Morgan fingerprint density at radius 1 is 1.47 bits per heavy atom. The molecule has 0 radical (unpaired) electrons. The monoisotopic (exact) mass is 209 g/mol. The normalized spacial score (nSPS) is 10.0. The third-order valence-corrected chi connectivity index (χ3v) is 2.01. The van der Waals surface area contributed by atoms with Crippen molar-refractivity contribution in [3.05, 3.63) is 11.3 Å². The number of aryl methyl sites for hydroxylation is 2. The van der Waals surface area contributed by atoms with Crippen molar-refractivity contribution in [2.75, 3.05) is 20.3 Å². The smallest absolute Gasteiger partial charge is 0.230 e. The fourth-order valence-corrected chi connectivity index (χ4v) is 1.30. The molecule has 0 fully saturated rings. The van der Waals surface area contributed by atoms with Crippen LogP contribution in [0.3, 0.4) is 0 Å². The molecule has 1 heterocycles. The van der Waals surface area contributed by atoms with Crippen molar-refractivity contribution < 1.29 is 9.47 Å². The van der Waals surface area contributed by atoms with Crippen LogP contribution in [0.15, 0.2) is 0 Å². The number of hydrogen-bond acceptors (Lipinski definition) is 4. The van der Waals surface area contributed by atoms with E-state index in [2.05, 4.69) is 11.2 Å². The van der Waals surface area contributed by atoms with Gasteiger partial charge >= 0.3 is 0 Å². The van der Waals surface area contributed by atoms with E-state index in [1.54, 1.807) is 25.8 Å². The Labute approximate surface area is 89.2 Å². The van der Waals surface area contributed by atoms with E-state index in [1.165, 1.54) is 0 Å². The van der Waals surface area contributed by atoms with E-state index in [1.807, 2.05) is 0 Å². The van der Waals surface area contributed by atoms with Gasteiger partial charge in [-0.3, -0.25) is 0 Å². The third-order valence-electron chi connectivity index (χ3n) is 2.01. The third kappa shape index (κ3) is 2.70. The SMILES string of the molecule is COCCCOc1c(C#N)c(C)nn1C. The predicted octanol–water partition coefficient (Wildman–Crippen LogP) is 1.02. The minimum Gasteiger partial charge on any atom is -0.477 e. The Balaban J connectivity index is 2.64. The molecule has 5 heteroatoms. The Bertz CT molecular complexity index is 365. The van der Waals surface area contributed by atoms with E-state index < -0.39 is 0 Å². The summed E-state index contributed by atoms with van der Waals surface area (Å²) >= 11 is 0. The second kappa shape index (κ2) is 5.37. The Hall–Kier alpha value is -1.54. The molecule has 0 aliphatic heterocycles. The van der Waals surface area contributed by atoms with Gasteiger partial charge in [0.15, 0.2) is 0 Å². The van der Waals surface area contributed by atoms with Crippen LogP contribution in [0.2, 0.25) is 0 Å². The van der Waals surface area contributed by atoms with Crippen LogP contribution >= 0.6 is 0 Å². The van der Waals surface area contributed by atoms with Crippen molar-refractivity contribution in [2.45, 2.75) is 13.3 Å². The summed E-state index contributed by atoms with van der Waals surface area (Å²) in [6.07, 6.45) is 0.797. The lowest BCUT2D eigenvalue weighted by Gasteiger charge is -2.05. The molecule has 15 heavy (non-hydrogen) atoms. The summed E-state index contributed by atoms with van der Waals surface area (Å²) < 4.78 is 12.0. The molecule has 5 nitrogen and oxygen atoms in total. The molecule has 0 aliphatic carbocycles. The highest BCUT2D eigenvalue weighted by Crippen LogP contribution is 2.19. The van der Waals surface area contributed by atoms with E-state index in [-0.39, 0.29) is 0 Å². The van der Waals surface area contributed by atoms with Crippen LogP contribution in [0, 0.1) is 18.3 Å². The van der Waals surface area contributed by atoms with Gasteiger partial charge in [0.2, 0.25) is 5.88 Å². The van der Waals surface area contributed by atoms with Gasteiger partial charge in [-0.25, -0.2) is 4.68 Å². The van der Waals surface area contributed by atoms with Crippen LogP contribution in [0.4, 0.5) is 0 Å². The van der Waals surface area contributed by atoms with Gasteiger partial charge in [0.05, 0.1) is 12.3 Å². The first-order valence-corrected chi connectivity index (χ1v) is 4.76. The molecule has 1 aromatic heterocycles. The van der Waals surface area contributed by atoms with Gasteiger partial charge in [0.1, 0.15) is 11.6 Å². The van der Waals surface area contributed by atoms with Crippen molar-refractivity contribution in [3.8, 4) is 11.9 Å². The second-order valence-electron chi connectivity index (χ2n) is 3.20. The highest BCUT2D eigenvalue weighted by atomic mass is 16.5. The summed E-state index contributed by atoms with van der Waals surface area (Å²) in [6.45, 7) is 2.97. The first kappa shape index (κ1) is 11.5. The molecule has 0 atom stereocenters. The maximum absolute atomic E-state index is 8.91. The van der Waals surface area contributed by atoms with E-state index in [4.69, 9.17) is 14.7 Å². The predicted molar refractivity (Wildman–Crippen MR) is 54.6 cm³/mol. The van der Waals surface area contributed by atoms with Gasteiger partial charge in [-0.05, 0) is 6.92 Å². The molecule has 0 spiro atoms. The van der Waals surface area contributed by atoms with Crippen molar-refractivity contribution in [1.29, 1.82) is 5.26 Å². The van der Waals surface area contributed by atoms with E-state index >= 15 is 0 Å². The zero-order valence-corrected chi connectivity index (χ0v) is 9.28. The van der Waals surface area contributed by atoms with Crippen molar-refractivity contribution in [2.24, 2.45) is 7.05 Å². The number of ether oxygens (including phenoxy) is 2. The van der Waals surface area contributed by atoms with Gasteiger partial charge < -0.3 is 9.47 Å². The molecule has 0 saturated heterocycles. The summed E-state index contributed by atoms with van der Waals surface area (Å²) in [5, 5.41) is 13.0. The number of aromatic nitrogens is 2. The average molecular weight is 209 g/mol. The zero-order chi connectivity index (χ0) is 11.3. The highest BCUT2D eigenvalue weighted by Gasteiger charge is 2.13. The minimum absolute atomic E-state index is 0.509. The van der Waals surface area contributed by atoms with E-state index in [0.29, 0.717) is 30.4 Å². The van der Waals surface area contributed by atoms with Crippen LogP contribution in [0.1, 0.15) is 17.7 Å². The van der Waals surface area contributed by atoms with Crippen molar-refractivity contribution >= 4 is 0 Å². The average Bonchev–Trinajstić information content (AvgIpc) is 2.48. The number of nitrogens with zero attached hydrogens (tertiary/aromatic N) is 3. The first-order valence-electron chi connectivity index (χ1n) is 4.76. The molecular weight excluding hydrogens is 194 g/mol. The largest absolute Gasteiger partial charge is 0.477 e. The summed E-state index contributed by atoms with van der Waals surface area (Å²) in [5.41, 5.74) is 1.21. The van der Waals surface area contributed by atoms with Crippen LogP contribution in [-0.4, -0.2) is 30.1 Å². The van der Waals surface area contributed by atoms with Crippen molar-refractivity contribution in [3.63, 3.8) is 0 Å². The van der Waals surface area contributed by atoms with Crippen LogP contribution in [-0.2, 0) is 11.8 Å². The molecule has 0 bridgehead atoms. The molecule has 0 saturated carbocycles. The number of nitriles is 1. The van der Waals surface area contributed by atoms with Gasteiger partial charge in [-0.15, -0.1) is 0 Å². The Morgan fingerprint density at radius 2 is 2.20 bits per heavy atom. The maximum atomic E-state index is 8.91. The maximum Gasteiger partial charge on any atom is 0.230 e. The molecule has 0 aromatic carbocycles. The molecule has 0 aliphatic rings. The van der Waals surface area contributed by atoms with Crippen LogP contribution < -0.4 is 4.74 Å². The van der Waals surface area contributed by atoms with Crippen LogP contribution in [0.5, 0.6) is 5.88 Å². The quantitative estimate of drug-likeness (QED) is 0.679. The van der Waals surface area contributed by atoms with Gasteiger partial charge in [0.25, 0.3) is 0 Å². The Morgan fingerprint density at radius 3 is 2.80 bits per heavy atom. The van der Waals surface area contributed by atoms with E-state index in [0.717, 1.165) is 6.42 Å². The van der Waals surface area contributed by atoms with Gasteiger partial charge in [0, 0.05) is 27.2 Å². The number of methoxy groups -OCH3 is 1. The first-order chi connectivity index (χ1) is 7.20. The summed E-state index contributed by atoms with van der Waals surface area (Å²) in [5.74, 6) is 0.533. The lowest BCUT2D eigenvalue weighted by atomic mass is 10.3. The molecule has 1 rings (SSSR count). The Kier molecular flexibility index (Phi) is 4.13. The number of hydrogen-bond donors (Lipinski definition) is 0. The fraction of sp³-hybridized carbons (Fsp3) is 0.600. The van der Waals surface area contributed by atoms with Crippen LogP contribution in [0.25, 0.3) is 0 Å². The second-order valence-corrected chi connectivity index (χ2v) is 3.20. The topological polar surface area (TPSA) is 60.1 Å². The summed E-state index contributed by atoms with van der Waals surface area (Å²) in [4.78, 5) is 0. The summed E-state index contributed by atoms with van der Waals surface area (Å²) in [7, 11) is 3.41. The van der Waals surface area contributed by atoms with E-state index in [9.17, 15) is 0 Å². The highest BCUT2D eigenvalue weighted by molar-refractivity contribution is 5.41.